The Kier molecular flexibility index (Phi) is 55.9. The third-order valence-electron chi connectivity index (χ3n) is 14.0. The molecule has 0 saturated carbocycles. The number of carbonyl (C=O) groups excluding carboxylic acids is 2. The molecule has 0 aromatic rings. The van der Waals surface area contributed by atoms with Crippen molar-refractivity contribution in [2.24, 2.45) is 0 Å². The minimum atomic E-state index is -4.47. The predicted octanol–water partition coefficient (Wildman–Crippen LogP) is 20.3. The summed E-state index contributed by atoms with van der Waals surface area (Å²) in [5.41, 5.74) is 0. The summed E-state index contributed by atoms with van der Waals surface area (Å²) in [4.78, 5) is 37.8. The summed E-state index contributed by atoms with van der Waals surface area (Å²) < 4.78 is 30.7. The van der Waals surface area contributed by atoms with Gasteiger partial charge in [0.05, 0.1) is 33.8 Å². The van der Waals surface area contributed by atoms with E-state index in [0.717, 1.165) is 122 Å². The molecule has 0 spiro atoms. The van der Waals surface area contributed by atoms with Crippen molar-refractivity contribution >= 4 is 19.7 Å². The summed E-state index contributed by atoms with van der Waals surface area (Å²) in [6.45, 7) is 6.94. The third-order valence-corrected chi connectivity index (χ3v) is 15.0. The Labute approximate surface area is 488 Å². The van der Waals surface area contributed by atoms with Crippen LogP contribution < -0.4 is 5.32 Å². The number of likely N-dealkylation sites (N-methyl/N-ethyl adjacent to an activating group) is 1. The molecule has 10 heteroatoms. The molecule has 3 atom stereocenters. The van der Waals surface area contributed by atoms with Gasteiger partial charge < -0.3 is 19.4 Å². The summed E-state index contributed by atoms with van der Waals surface area (Å²) in [5, 5.41) is 3.05. The molecule has 0 rings (SSSR count). The molecular weight excluding hydrogens is 1000 g/mol. The normalized spacial score (nSPS) is 14.3. The Hall–Kier alpha value is -3.07. The number of amides is 1. The first-order valence-electron chi connectivity index (χ1n) is 32.6. The zero-order valence-corrected chi connectivity index (χ0v) is 53.0. The summed E-state index contributed by atoms with van der Waals surface area (Å²) in [6.07, 6.45) is 78.2. The number of esters is 1. The summed E-state index contributed by atoms with van der Waals surface area (Å²) in [7, 11) is 1.47. The van der Waals surface area contributed by atoms with Crippen LogP contribution in [0.2, 0.25) is 0 Å². The van der Waals surface area contributed by atoms with Crippen LogP contribution in [-0.4, -0.2) is 74.3 Å². The standard InChI is InChI=1S/C69H123N2O7P/c1-7-10-13-16-19-22-25-28-30-32-34-35-37-38-40-43-46-49-52-55-58-61-68(72)70-66(65-77-79(74,75)76-64-63-71(4,5)6)67(60-57-54-51-48-45-42-27-24-21-18-15-12-9-3)78-69(73)62-59-56-53-50-47-44-41-39-36-33-31-29-26-23-20-17-14-11-8-2/h19-20,22-23,28-31,34-36,38-40,57,60,66-67H,7-18,21,24-27,32-33,37,41-56,58-59,61-65H2,1-6H3,(H-,70,72,74,75)/p+1/b22-19-,23-20-,30-28-,31-29-,35-34-,39-36-,40-38-,60-57+. The molecule has 9 nitrogen and oxygen atoms in total. The fourth-order valence-corrected chi connectivity index (χ4v) is 9.67. The van der Waals surface area contributed by atoms with E-state index < -0.39 is 20.0 Å². The molecule has 79 heavy (non-hydrogen) atoms. The van der Waals surface area contributed by atoms with Gasteiger partial charge in [-0.1, -0.05) is 247 Å². The van der Waals surface area contributed by atoms with Crippen LogP contribution in [0.25, 0.3) is 0 Å². The Morgan fingerprint density at radius 3 is 1.18 bits per heavy atom. The van der Waals surface area contributed by atoms with Crippen molar-refractivity contribution in [2.75, 3.05) is 40.9 Å². The monoisotopic (exact) mass is 1120 g/mol. The highest BCUT2D eigenvalue weighted by molar-refractivity contribution is 7.47. The molecule has 0 bridgehead atoms. The van der Waals surface area contributed by atoms with Gasteiger partial charge in [0.15, 0.2) is 0 Å². The van der Waals surface area contributed by atoms with E-state index >= 15 is 0 Å². The maximum absolute atomic E-state index is 13.6. The average Bonchev–Trinajstić information content (AvgIpc) is 3.41. The smallest absolute Gasteiger partial charge is 0.456 e. The van der Waals surface area contributed by atoms with Gasteiger partial charge in [-0.25, -0.2) is 4.57 Å². The second kappa shape index (κ2) is 58.1. The van der Waals surface area contributed by atoms with E-state index in [1.807, 2.05) is 33.3 Å². The van der Waals surface area contributed by atoms with E-state index in [9.17, 15) is 19.0 Å². The SMILES string of the molecule is CCCCC/C=C\C/C=C\C/C=C\C/C=C\CCCCCCCC(=O)NC(COP(=O)(O)OCC[N+](C)(C)C)C(/C=C/CCCCCCCCCCCCC)OC(=O)CCCCCCCC/C=C\C/C=C\C/C=C\CCCCC. The van der Waals surface area contributed by atoms with E-state index in [1.165, 1.54) is 122 Å². The van der Waals surface area contributed by atoms with Gasteiger partial charge >= 0.3 is 13.8 Å². The molecule has 0 saturated heterocycles. The first kappa shape index (κ1) is 75.9. The highest BCUT2D eigenvalue weighted by Crippen LogP contribution is 2.43. The van der Waals surface area contributed by atoms with Crippen molar-refractivity contribution in [3.63, 3.8) is 0 Å². The predicted molar refractivity (Wildman–Crippen MR) is 341 cm³/mol. The van der Waals surface area contributed by atoms with Crippen LogP contribution in [0.1, 0.15) is 278 Å². The molecule has 0 aliphatic carbocycles. The van der Waals surface area contributed by atoms with Crippen molar-refractivity contribution < 1.29 is 37.3 Å². The van der Waals surface area contributed by atoms with Crippen LogP contribution in [0.5, 0.6) is 0 Å². The molecule has 1 amide bonds. The van der Waals surface area contributed by atoms with Crippen molar-refractivity contribution in [1.82, 2.24) is 5.32 Å². The Balaban J connectivity index is 5.32. The van der Waals surface area contributed by atoms with Crippen molar-refractivity contribution in [1.29, 1.82) is 0 Å². The molecule has 0 radical (unpaired) electrons. The van der Waals surface area contributed by atoms with Gasteiger partial charge in [0.25, 0.3) is 0 Å². The Morgan fingerprint density at radius 2 is 0.772 bits per heavy atom. The Morgan fingerprint density at radius 1 is 0.443 bits per heavy atom. The second-order valence-electron chi connectivity index (χ2n) is 22.9. The van der Waals surface area contributed by atoms with Crippen molar-refractivity contribution in [3.8, 4) is 0 Å². The lowest BCUT2D eigenvalue weighted by Gasteiger charge is -2.27. The number of unbranched alkanes of at least 4 members (excludes halogenated alkanes) is 28. The number of phosphoric ester groups is 1. The molecule has 0 aliphatic rings. The summed E-state index contributed by atoms with van der Waals surface area (Å²) in [5.74, 6) is -0.541. The molecule has 456 valence electrons. The quantitative estimate of drug-likeness (QED) is 0.0205. The van der Waals surface area contributed by atoms with Crippen LogP contribution in [0.4, 0.5) is 0 Å². The van der Waals surface area contributed by atoms with E-state index in [0.29, 0.717) is 17.4 Å². The fourth-order valence-electron chi connectivity index (χ4n) is 8.93. The number of hydrogen-bond acceptors (Lipinski definition) is 6. The van der Waals surface area contributed by atoms with E-state index in [1.54, 1.807) is 0 Å². The lowest BCUT2D eigenvalue weighted by atomic mass is 10.0. The minimum absolute atomic E-state index is 0.0295. The van der Waals surface area contributed by atoms with E-state index in [2.05, 4.69) is 111 Å². The number of allylic oxidation sites excluding steroid dienone is 15. The minimum Gasteiger partial charge on any atom is -0.456 e. The van der Waals surface area contributed by atoms with Gasteiger partial charge in [0.1, 0.15) is 19.3 Å². The largest absolute Gasteiger partial charge is 0.472 e. The van der Waals surface area contributed by atoms with E-state index in [-0.39, 0.29) is 31.5 Å². The number of carbonyl (C=O) groups is 2. The topological polar surface area (TPSA) is 111 Å². The van der Waals surface area contributed by atoms with Crippen LogP contribution in [0.3, 0.4) is 0 Å². The third kappa shape index (κ3) is 59.4. The van der Waals surface area contributed by atoms with Crippen LogP contribution in [0, 0.1) is 0 Å². The van der Waals surface area contributed by atoms with Crippen LogP contribution in [0.15, 0.2) is 97.2 Å². The first-order valence-corrected chi connectivity index (χ1v) is 34.1. The summed E-state index contributed by atoms with van der Waals surface area (Å²) in [6, 6.07) is -0.870. The number of quaternary nitrogens is 1. The van der Waals surface area contributed by atoms with Gasteiger partial charge in [0.2, 0.25) is 5.91 Å². The molecule has 0 fully saturated rings. The lowest BCUT2D eigenvalue weighted by molar-refractivity contribution is -0.870. The number of phosphoric acid groups is 1. The number of nitrogens with one attached hydrogen (secondary N) is 1. The van der Waals surface area contributed by atoms with E-state index in [4.69, 9.17) is 13.8 Å². The zero-order chi connectivity index (χ0) is 57.9. The van der Waals surface area contributed by atoms with Gasteiger partial charge in [-0.15, -0.1) is 0 Å². The van der Waals surface area contributed by atoms with Gasteiger partial charge in [-0.2, -0.15) is 0 Å². The number of ether oxygens (including phenoxy) is 1. The maximum Gasteiger partial charge on any atom is 0.472 e. The number of rotatable bonds is 58. The number of hydrogen-bond donors (Lipinski definition) is 2. The molecule has 0 aromatic heterocycles. The molecule has 3 unspecified atom stereocenters. The van der Waals surface area contributed by atoms with Gasteiger partial charge in [0, 0.05) is 12.8 Å². The summed E-state index contributed by atoms with van der Waals surface area (Å²) >= 11 is 0. The average molecular weight is 1120 g/mol. The Bertz CT molecular complexity index is 1670. The number of nitrogens with zero attached hydrogens (tertiary/aromatic N) is 1. The maximum atomic E-state index is 13.6. The zero-order valence-electron chi connectivity index (χ0n) is 52.1. The molecule has 2 N–H and O–H groups in total. The molecular formula is C69H124N2O7P+. The van der Waals surface area contributed by atoms with Crippen LogP contribution >= 0.6 is 7.82 Å². The lowest BCUT2D eigenvalue weighted by Crippen LogP contribution is -2.47. The molecule has 0 aromatic carbocycles. The second-order valence-corrected chi connectivity index (χ2v) is 24.4. The highest BCUT2D eigenvalue weighted by atomic mass is 31.2. The molecule has 0 aliphatic heterocycles. The highest BCUT2D eigenvalue weighted by Gasteiger charge is 2.30. The van der Waals surface area contributed by atoms with Gasteiger partial charge in [-0.3, -0.25) is 18.6 Å². The molecule has 0 heterocycles. The van der Waals surface area contributed by atoms with Gasteiger partial charge in [-0.05, 0) is 115 Å². The fraction of sp³-hybridized carbons (Fsp3) is 0.739. The first-order chi connectivity index (χ1) is 38.4. The van der Waals surface area contributed by atoms with Crippen molar-refractivity contribution in [2.45, 2.75) is 290 Å². The van der Waals surface area contributed by atoms with Crippen LogP contribution in [-0.2, 0) is 27.9 Å². The van der Waals surface area contributed by atoms with Crippen molar-refractivity contribution in [3.05, 3.63) is 97.2 Å².